The number of unbranched alkanes of at least 4 members (excludes halogenated alkanes) is 1. The molecule has 228 valence electrons. The van der Waals surface area contributed by atoms with Crippen molar-refractivity contribution < 1.29 is 33.0 Å². The molecule has 2 aliphatic rings. The van der Waals surface area contributed by atoms with E-state index in [0.717, 1.165) is 25.9 Å². The van der Waals surface area contributed by atoms with Gasteiger partial charge in [0.05, 0.1) is 19.8 Å². The molecule has 0 unspecified atom stereocenters. The Hall–Kier alpha value is -3.09. The minimum absolute atomic E-state index is 0.00933. The van der Waals surface area contributed by atoms with Crippen molar-refractivity contribution in [3.05, 3.63) is 35.6 Å². The van der Waals surface area contributed by atoms with Gasteiger partial charge in [0.2, 0.25) is 17.7 Å². The second kappa shape index (κ2) is 17.7. The molecule has 1 aromatic carbocycles. The molecule has 0 aromatic heterocycles. The second-order valence-corrected chi connectivity index (χ2v) is 10.7. The molecule has 41 heavy (non-hydrogen) atoms. The van der Waals surface area contributed by atoms with Gasteiger partial charge in [0.1, 0.15) is 18.5 Å². The molecule has 11 nitrogen and oxygen atoms in total. The van der Waals surface area contributed by atoms with E-state index in [4.69, 9.17) is 9.47 Å². The maximum absolute atomic E-state index is 13.1. The molecular formula is C29H44FN5O6. The summed E-state index contributed by atoms with van der Waals surface area (Å²) in [6.07, 6.45) is 3.68. The first-order chi connectivity index (χ1) is 19.8. The minimum Gasteiger partial charge on any atom is -0.377 e. The number of hydrogen-bond donors (Lipinski definition) is 4. The van der Waals surface area contributed by atoms with Gasteiger partial charge < -0.3 is 35.6 Å². The number of rotatable bonds is 6. The standard InChI is InChI=1S/C29H44FN5O6/c1-35-14-10-22-18-26(36)31-13-15-40-16-17-41-20-27(37)34-25(29(39)33-12-9-23(22)19-35)4-2-3-11-32-28(38)21-5-7-24(30)8-6-21/h5-8,22-23,25H,2-4,9-20H2,1H3,(H,31,36)(H,32,38)(H,33,39)(H,34,37)/t22-,23-,25-/m0/s1. The molecule has 0 bridgehead atoms. The number of piperidine rings is 1. The van der Waals surface area contributed by atoms with E-state index in [1.807, 2.05) is 0 Å². The van der Waals surface area contributed by atoms with Gasteiger partial charge in [-0.15, -0.1) is 0 Å². The molecule has 2 aliphatic heterocycles. The molecule has 4 N–H and O–H groups in total. The molecule has 0 saturated carbocycles. The number of likely N-dealkylation sites (tertiary alicyclic amines) is 1. The predicted octanol–water partition coefficient (Wildman–Crippen LogP) is 0.838. The summed E-state index contributed by atoms with van der Waals surface area (Å²) >= 11 is 0. The summed E-state index contributed by atoms with van der Waals surface area (Å²) in [5.41, 5.74) is 0.370. The smallest absolute Gasteiger partial charge is 0.251 e. The fraction of sp³-hybridized carbons (Fsp3) is 0.655. The van der Waals surface area contributed by atoms with E-state index in [9.17, 15) is 23.6 Å². The van der Waals surface area contributed by atoms with Crippen LogP contribution in [0.25, 0.3) is 0 Å². The highest BCUT2D eigenvalue weighted by Crippen LogP contribution is 2.28. The summed E-state index contributed by atoms with van der Waals surface area (Å²) in [5, 5.41) is 11.5. The molecule has 2 saturated heterocycles. The number of fused-ring (bicyclic) bond motifs is 1. The third-order valence-corrected chi connectivity index (χ3v) is 7.49. The summed E-state index contributed by atoms with van der Waals surface area (Å²) in [6, 6.07) is 4.57. The van der Waals surface area contributed by atoms with Crippen molar-refractivity contribution in [2.75, 3.05) is 66.2 Å². The highest BCUT2D eigenvalue weighted by Gasteiger charge is 2.29. The summed E-state index contributed by atoms with van der Waals surface area (Å²) in [7, 11) is 2.07. The Morgan fingerprint density at radius 3 is 2.56 bits per heavy atom. The van der Waals surface area contributed by atoms with Gasteiger partial charge in [-0.2, -0.15) is 0 Å². The summed E-state index contributed by atoms with van der Waals surface area (Å²) in [6.45, 7) is 3.70. The molecule has 3 atom stereocenters. The fourth-order valence-electron chi connectivity index (χ4n) is 5.20. The van der Waals surface area contributed by atoms with Crippen molar-refractivity contribution >= 4 is 23.6 Å². The molecule has 2 fully saturated rings. The number of amides is 4. The zero-order valence-corrected chi connectivity index (χ0v) is 23.9. The van der Waals surface area contributed by atoms with Crippen LogP contribution in [0.3, 0.4) is 0 Å². The lowest BCUT2D eigenvalue weighted by molar-refractivity contribution is -0.132. The predicted molar refractivity (Wildman–Crippen MR) is 151 cm³/mol. The van der Waals surface area contributed by atoms with Crippen LogP contribution in [0.5, 0.6) is 0 Å². The number of carbonyl (C=O) groups is 4. The van der Waals surface area contributed by atoms with Gasteiger partial charge >= 0.3 is 0 Å². The molecule has 1 aromatic rings. The van der Waals surface area contributed by atoms with Gasteiger partial charge in [0.15, 0.2) is 0 Å². The zero-order valence-electron chi connectivity index (χ0n) is 23.9. The first-order valence-electron chi connectivity index (χ1n) is 14.5. The number of nitrogens with zero attached hydrogens (tertiary/aromatic N) is 1. The molecular weight excluding hydrogens is 533 g/mol. The fourth-order valence-corrected chi connectivity index (χ4v) is 5.20. The first-order valence-corrected chi connectivity index (χ1v) is 14.5. The van der Waals surface area contributed by atoms with Crippen molar-refractivity contribution in [2.24, 2.45) is 11.8 Å². The number of carbonyl (C=O) groups excluding carboxylic acids is 4. The minimum atomic E-state index is -0.743. The van der Waals surface area contributed by atoms with Crippen LogP contribution >= 0.6 is 0 Å². The Bertz CT molecular complexity index is 994. The summed E-state index contributed by atoms with van der Waals surface area (Å²) in [5.74, 6) is -0.857. The van der Waals surface area contributed by atoms with Crippen LogP contribution in [-0.4, -0.2) is 101 Å². The number of hydrogen-bond acceptors (Lipinski definition) is 7. The summed E-state index contributed by atoms with van der Waals surface area (Å²) < 4.78 is 23.9. The van der Waals surface area contributed by atoms with Crippen LogP contribution in [0.1, 0.15) is 48.9 Å². The average molecular weight is 578 g/mol. The van der Waals surface area contributed by atoms with Crippen molar-refractivity contribution in [1.29, 1.82) is 0 Å². The number of benzene rings is 1. The maximum atomic E-state index is 13.1. The molecule has 0 spiro atoms. The van der Waals surface area contributed by atoms with Gasteiger partial charge in [-0.3, -0.25) is 19.2 Å². The van der Waals surface area contributed by atoms with Crippen LogP contribution in [0.4, 0.5) is 4.39 Å². The Labute approximate surface area is 241 Å². The van der Waals surface area contributed by atoms with Crippen LogP contribution in [0.15, 0.2) is 24.3 Å². The van der Waals surface area contributed by atoms with Gasteiger partial charge in [0, 0.05) is 38.2 Å². The number of nitrogens with one attached hydrogen (secondary N) is 4. The van der Waals surface area contributed by atoms with E-state index in [1.54, 1.807) is 0 Å². The second-order valence-electron chi connectivity index (χ2n) is 10.7. The van der Waals surface area contributed by atoms with Crippen molar-refractivity contribution in [3.63, 3.8) is 0 Å². The molecule has 3 rings (SSSR count). The lowest BCUT2D eigenvalue weighted by atomic mass is 9.81. The molecule has 0 radical (unpaired) electrons. The van der Waals surface area contributed by atoms with Crippen LogP contribution in [0, 0.1) is 17.7 Å². The quantitative estimate of drug-likeness (QED) is 0.368. The summed E-state index contributed by atoms with van der Waals surface area (Å²) in [4.78, 5) is 52.6. The Morgan fingerprint density at radius 1 is 0.976 bits per heavy atom. The lowest BCUT2D eigenvalue weighted by Crippen LogP contribution is -2.48. The lowest BCUT2D eigenvalue weighted by Gasteiger charge is -2.36. The molecule has 0 aliphatic carbocycles. The maximum Gasteiger partial charge on any atom is 0.251 e. The topological polar surface area (TPSA) is 138 Å². The van der Waals surface area contributed by atoms with E-state index < -0.39 is 17.8 Å². The Balaban J connectivity index is 1.52. The normalized spacial score (nSPS) is 24.4. The van der Waals surface area contributed by atoms with E-state index in [1.165, 1.54) is 24.3 Å². The zero-order chi connectivity index (χ0) is 29.5. The van der Waals surface area contributed by atoms with E-state index in [-0.39, 0.29) is 49.4 Å². The molecule has 2 heterocycles. The van der Waals surface area contributed by atoms with Crippen molar-refractivity contribution in [3.8, 4) is 0 Å². The Kier molecular flexibility index (Phi) is 14.0. The molecule has 4 amide bonds. The largest absolute Gasteiger partial charge is 0.377 e. The Morgan fingerprint density at radius 2 is 1.76 bits per heavy atom. The highest BCUT2D eigenvalue weighted by atomic mass is 19.1. The van der Waals surface area contributed by atoms with Crippen LogP contribution in [0.2, 0.25) is 0 Å². The van der Waals surface area contributed by atoms with Gasteiger partial charge in [-0.25, -0.2) is 4.39 Å². The van der Waals surface area contributed by atoms with Crippen molar-refractivity contribution in [2.45, 2.75) is 44.6 Å². The van der Waals surface area contributed by atoms with Crippen molar-refractivity contribution in [1.82, 2.24) is 26.2 Å². The number of halogens is 1. The first kappa shape index (κ1) is 32.4. The van der Waals surface area contributed by atoms with E-state index in [0.29, 0.717) is 57.5 Å². The SMILES string of the molecule is CN1CC[C@H]2CC(=O)NCCOCCOCC(=O)N[C@@H](CCCCNC(=O)c3ccc(F)cc3)C(=O)NCC[C@H]2C1. The highest BCUT2D eigenvalue weighted by molar-refractivity contribution is 5.94. The number of ether oxygens (including phenoxy) is 2. The van der Waals surface area contributed by atoms with Gasteiger partial charge in [-0.05, 0) is 81.8 Å². The third-order valence-electron chi connectivity index (χ3n) is 7.49. The van der Waals surface area contributed by atoms with Gasteiger partial charge in [0.25, 0.3) is 5.91 Å². The van der Waals surface area contributed by atoms with E-state index >= 15 is 0 Å². The molecule has 12 heteroatoms. The van der Waals surface area contributed by atoms with Crippen LogP contribution in [-0.2, 0) is 23.9 Å². The third kappa shape index (κ3) is 12.1. The monoisotopic (exact) mass is 577 g/mol. The van der Waals surface area contributed by atoms with Crippen LogP contribution < -0.4 is 21.3 Å². The average Bonchev–Trinajstić information content (AvgIpc) is 2.94. The van der Waals surface area contributed by atoms with E-state index in [2.05, 4.69) is 33.2 Å². The van der Waals surface area contributed by atoms with Gasteiger partial charge in [-0.1, -0.05) is 0 Å².